The van der Waals surface area contributed by atoms with Crippen LogP contribution >= 0.6 is 11.6 Å². The maximum absolute atomic E-state index is 13.9. The smallest absolute Gasteiger partial charge is 0.264 e. The number of sulfonamides is 1. The van der Waals surface area contributed by atoms with Crippen LogP contribution in [0.3, 0.4) is 0 Å². The number of carbonyl (C=O) groups is 2. The van der Waals surface area contributed by atoms with Gasteiger partial charge in [0, 0.05) is 18.1 Å². The van der Waals surface area contributed by atoms with E-state index in [1.54, 1.807) is 25.1 Å². The van der Waals surface area contributed by atoms with Crippen molar-refractivity contribution in [2.24, 2.45) is 0 Å². The van der Waals surface area contributed by atoms with Gasteiger partial charge in [-0.15, -0.1) is 0 Å². The molecule has 2 amide bonds. The standard InChI is InChI=1S/C28H31ClFN3O4S/c1-3-18-31-28(35)26(4-2)32(19-21-10-14-23(30)15-11-21)27(34)20-33(24-16-12-22(29)13-17-24)38(36,37)25-8-6-5-7-9-25/h5-17,26H,3-4,18-20H2,1-2H3,(H,31,35)/t26-/m1/s1. The fourth-order valence-electron chi connectivity index (χ4n) is 3.93. The van der Waals surface area contributed by atoms with E-state index in [1.807, 2.05) is 6.92 Å². The van der Waals surface area contributed by atoms with Gasteiger partial charge in [-0.2, -0.15) is 0 Å². The number of hydrogen-bond acceptors (Lipinski definition) is 4. The Labute approximate surface area is 228 Å². The Morgan fingerprint density at radius 1 is 0.947 bits per heavy atom. The van der Waals surface area contributed by atoms with Gasteiger partial charge in [-0.05, 0) is 66.9 Å². The van der Waals surface area contributed by atoms with Crippen molar-refractivity contribution >= 4 is 39.1 Å². The fourth-order valence-corrected chi connectivity index (χ4v) is 5.49. The van der Waals surface area contributed by atoms with Crippen molar-refractivity contribution in [1.82, 2.24) is 10.2 Å². The molecular weight excluding hydrogens is 529 g/mol. The van der Waals surface area contributed by atoms with Crippen molar-refractivity contribution < 1.29 is 22.4 Å². The van der Waals surface area contributed by atoms with Gasteiger partial charge >= 0.3 is 0 Å². The molecule has 3 aromatic carbocycles. The Morgan fingerprint density at radius 2 is 1.58 bits per heavy atom. The molecule has 0 saturated heterocycles. The Bertz CT molecular complexity index is 1320. The molecule has 202 valence electrons. The minimum Gasteiger partial charge on any atom is -0.354 e. The van der Waals surface area contributed by atoms with Crippen molar-refractivity contribution in [3.63, 3.8) is 0 Å². The number of benzene rings is 3. The van der Waals surface area contributed by atoms with Crippen molar-refractivity contribution in [3.05, 3.63) is 95.3 Å². The molecule has 3 aromatic rings. The van der Waals surface area contributed by atoms with Crippen molar-refractivity contribution in [2.75, 3.05) is 17.4 Å². The van der Waals surface area contributed by atoms with Gasteiger partial charge in [-0.1, -0.05) is 55.8 Å². The molecule has 0 aliphatic carbocycles. The molecule has 0 aliphatic rings. The molecule has 10 heteroatoms. The van der Waals surface area contributed by atoms with Crippen molar-refractivity contribution in [1.29, 1.82) is 0 Å². The molecular formula is C28H31ClFN3O4S. The second-order valence-electron chi connectivity index (χ2n) is 8.66. The summed E-state index contributed by atoms with van der Waals surface area (Å²) in [5.74, 6) is -1.35. The third kappa shape index (κ3) is 7.33. The first-order valence-corrected chi connectivity index (χ1v) is 14.1. The summed E-state index contributed by atoms with van der Waals surface area (Å²) in [7, 11) is -4.15. The third-order valence-electron chi connectivity index (χ3n) is 5.93. The molecule has 0 radical (unpaired) electrons. The molecule has 7 nitrogen and oxygen atoms in total. The van der Waals surface area contributed by atoms with Crippen LogP contribution in [0.4, 0.5) is 10.1 Å². The molecule has 0 aromatic heterocycles. The Balaban J connectivity index is 2.02. The van der Waals surface area contributed by atoms with E-state index in [4.69, 9.17) is 11.6 Å². The van der Waals surface area contributed by atoms with E-state index in [2.05, 4.69) is 5.32 Å². The largest absolute Gasteiger partial charge is 0.354 e. The quantitative estimate of drug-likeness (QED) is 0.338. The molecule has 0 heterocycles. The molecule has 0 unspecified atom stereocenters. The Kier molecular flexibility index (Phi) is 10.3. The lowest BCUT2D eigenvalue weighted by Gasteiger charge is -2.33. The maximum Gasteiger partial charge on any atom is 0.264 e. The predicted octanol–water partition coefficient (Wildman–Crippen LogP) is 5.01. The molecule has 3 rings (SSSR count). The number of amides is 2. The number of nitrogens with zero attached hydrogens (tertiary/aromatic N) is 2. The van der Waals surface area contributed by atoms with E-state index in [-0.39, 0.29) is 23.0 Å². The highest BCUT2D eigenvalue weighted by Crippen LogP contribution is 2.26. The fraction of sp³-hybridized carbons (Fsp3) is 0.286. The summed E-state index contributed by atoms with van der Waals surface area (Å²) in [6.45, 7) is 3.57. The lowest BCUT2D eigenvalue weighted by molar-refractivity contribution is -0.140. The normalized spacial score (nSPS) is 12.0. The van der Waals surface area contributed by atoms with E-state index in [9.17, 15) is 22.4 Å². The summed E-state index contributed by atoms with van der Waals surface area (Å²) in [6.07, 6.45) is 1.02. The molecule has 38 heavy (non-hydrogen) atoms. The molecule has 0 saturated carbocycles. The number of nitrogens with one attached hydrogen (secondary N) is 1. The number of rotatable bonds is 12. The van der Waals surface area contributed by atoms with Crippen LogP contribution in [0.1, 0.15) is 32.3 Å². The first kappa shape index (κ1) is 29.1. The van der Waals surface area contributed by atoms with Gasteiger partial charge in [-0.3, -0.25) is 13.9 Å². The van der Waals surface area contributed by atoms with Gasteiger partial charge < -0.3 is 10.2 Å². The topological polar surface area (TPSA) is 86.8 Å². The Morgan fingerprint density at radius 3 is 2.16 bits per heavy atom. The van der Waals surface area contributed by atoms with Gasteiger partial charge in [0.1, 0.15) is 18.4 Å². The van der Waals surface area contributed by atoms with Crippen molar-refractivity contribution in [3.8, 4) is 0 Å². The molecule has 0 fully saturated rings. The summed E-state index contributed by atoms with van der Waals surface area (Å²) in [4.78, 5) is 28.2. The second-order valence-corrected chi connectivity index (χ2v) is 11.0. The summed E-state index contributed by atoms with van der Waals surface area (Å²) in [5.41, 5.74) is 0.849. The summed E-state index contributed by atoms with van der Waals surface area (Å²) < 4.78 is 41.9. The predicted molar refractivity (Wildman–Crippen MR) is 147 cm³/mol. The van der Waals surface area contributed by atoms with Gasteiger partial charge in [-0.25, -0.2) is 12.8 Å². The van der Waals surface area contributed by atoms with Crippen LogP contribution in [0.2, 0.25) is 5.02 Å². The Hall–Kier alpha value is -3.43. The first-order chi connectivity index (χ1) is 18.2. The zero-order valence-electron chi connectivity index (χ0n) is 21.3. The van der Waals surface area contributed by atoms with E-state index < -0.39 is 34.3 Å². The van der Waals surface area contributed by atoms with E-state index in [0.29, 0.717) is 30.0 Å². The highest BCUT2D eigenvalue weighted by Gasteiger charge is 2.33. The van der Waals surface area contributed by atoms with E-state index in [0.717, 1.165) is 4.31 Å². The van der Waals surface area contributed by atoms with E-state index in [1.165, 1.54) is 65.6 Å². The highest BCUT2D eigenvalue weighted by molar-refractivity contribution is 7.92. The number of carbonyl (C=O) groups excluding carboxylic acids is 2. The number of hydrogen-bond donors (Lipinski definition) is 1. The van der Waals surface area contributed by atoms with Gasteiger partial charge in [0.05, 0.1) is 10.6 Å². The third-order valence-corrected chi connectivity index (χ3v) is 7.97. The summed E-state index contributed by atoms with van der Waals surface area (Å²) >= 11 is 6.03. The zero-order valence-corrected chi connectivity index (χ0v) is 22.9. The number of halogens is 2. The lowest BCUT2D eigenvalue weighted by atomic mass is 10.1. The summed E-state index contributed by atoms with van der Waals surface area (Å²) in [5, 5.41) is 3.23. The average Bonchev–Trinajstić information content (AvgIpc) is 2.92. The van der Waals surface area contributed by atoms with Crippen LogP contribution in [0.15, 0.2) is 83.8 Å². The monoisotopic (exact) mass is 559 g/mol. The molecule has 1 atom stereocenters. The van der Waals surface area contributed by atoms with Crippen LogP contribution in [-0.4, -0.2) is 44.3 Å². The van der Waals surface area contributed by atoms with Crippen LogP contribution < -0.4 is 9.62 Å². The maximum atomic E-state index is 13.9. The van der Waals surface area contributed by atoms with Crippen LogP contribution in [0, 0.1) is 5.82 Å². The van der Waals surface area contributed by atoms with E-state index >= 15 is 0 Å². The number of anilines is 1. The van der Waals surface area contributed by atoms with Crippen molar-refractivity contribution in [2.45, 2.75) is 44.2 Å². The van der Waals surface area contributed by atoms with Gasteiger partial charge in [0.15, 0.2) is 0 Å². The van der Waals surface area contributed by atoms with Crippen LogP contribution in [0.25, 0.3) is 0 Å². The lowest BCUT2D eigenvalue weighted by Crippen LogP contribution is -2.52. The first-order valence-electron chi connectivity index (χ1n) is 12.3. The van der Waals surface area contributed by atoms with Gasteiger partial charge in [0.2, 0.25) is 11.8 Å². The highest BCUT2D eigenvalue weighted by atomic mass is 35.5. The molecule has 0 bridgehead atoms. The van der Waals surface area contributed by atoms with Crippen LogP contribution in [-0.2, 0) is 26.2 Å². The van der Waals surface area contributed by atoms with Crippen LogP contribution in [0.5, 0.6) is 0 Å². The minimum atomic E-state index is -4.15. The van der Waals surface area contributed by atoms with Gasteiger partial charge in [0.25, 0.3) is 10.0 Å². The average molecular weight is 560 g/mol. The molecule has 1 N–H and O–H groups in total. The molecule has 0 spiro atoms. The summed E-state index contributed by atoms with van der Waals surface area (Å²) in [6, 6.07) is 18.7. The zero-order chi connectivity index (χ0) is 27.7. The SMILES string of the molecule is CCCNC(=O)[C@@H](CC)N(Cc1ccc(F)cc1)C(=O)CN(c1ccc(Cl)cc1)S(=O)(=O)c1ccccc1. The minimum absolute atomic E-state index is 0.00297. The molecule has 0 aliphatic heterocycles. The second kappa shape index (κ2) is 13.4.